The Morgan fingerprint density at radius 3 is 2.38 bits per heavy atom. The van der Waals surface area contributed by atoms with Crippen LogP contribution in [0.25, 0.3) is 0 Å². The number of halogens is 4. The lowest BCUT2D eigenvalue weighted by Crippen LogP contribution is -2.51. The number of carboxylic acid groups (broad SMARTS) is 1. The Labute approximate surface area is 231 Å². The summed E-state index contributed by atoms with van der Waals surface area (Å²) in [6.07, 6.45) is -0.411. The highest BCUT2D eigenvalue weighted by molar-refractivity contribution is 6.30. The highest BCUT2D eigenvalue weighted by Gasteiger charge is 2.55. The smallest absolute Gasteiger partial charge is 0.421 e. The second kappa shape index (κ2) is 10.1. The van der Waals surface area contributed by atoms with E-state index in [1.54, 1.807) is 12.1 Å². The highest BCUT2D eigenvalue weighted by atomic mass is 35.5. The molecule has 3 atom stereocenters. The second-order valence-corrected chi connectivity index (χ2v) is 12.1. The van der Waals surface area contributed by atoms with Gasteiger partial charge in [-0.05, 0) is 92.7 Å². The fourth-order valence-electron chi connectivity index (χ4n) is 7.13. The third kappa shape index (κ3) is 4.95. The zero-order chi connectivity index (χ0) is 28.2. The molecular formula is C30H33ClF3NO4. The summed E-state index contributed by atoms with van der Waals surface area (Å²) in [4.78, 5) is 27.1. The maximum atomic E-state index is 13.8. The lowest BCUT2D eigenvalue weighted by molar-refractivity contribution is -0.258. The van der Waals surface area contributed by atoms with Gasteiger partial charge in [0, 0.05) is 28.9 Å². The third-order valence-electron chi connectivity index (χ3n) is 9.37. The molecule has 2 aromatic carbocycles. The van der Waals surface area contributed by atoms with E-state index >= 15 is 0 Å². The Hall–Kier alpha value is -2.58. The Kier molecular flexibility index (Phi) is 7.25. The van der Waals surface area contributed by atoms with Crippen molar-refractivity contribution in [2.75, 3.05) is 6.54 Å². The van der Waals surface area contributed by atoms with Crippen molar-refractivity contribution in [3.05, 3.63) is 69.7 Å². The number of likely N-dealkylation sites (tertiary alicyclic amines) is 1. The van der Waals surface area contributed by atoms with Crippen LogP contribution < -0.4 is 0 Å². The Balaban J connectivity index is 1.50. The summed E-state index contributed by atoms with van der Waals surface area (Å²) in [7, 11) is 0. The molecule has 0 aromatic heterocycles. The monoisotopic (exact) mass is 563 g/mol. The van der Waals surface area contributed by atoms with E-state index in [-0.39, 0.29) is 23.4 Å². The molecule has 2 aromatic rings. The molecule has 2 fully saturated rings. The van der Waals surface area contributed by atoms with Crippen molar-refractivity contribution in [2.24, 2.45) is 11.8 Å². The minimum Gasteiger partial charge on any atom is -0.481 e. The minimum absolute atomic E-state index is 0.0527. The van der Waals surface area contributed by atoms with Gasteiger partial charge in [0.15, 0.2) is 5.60 Å². The molecule has 39 heavy (non-hydrogen) atoms. The van der Waals surface area contributed by atoms with Crippen molar-refractivity contribution in [1.29, 1.82) is 0 Å². The number of carbonyl (C=O) groups excluding carboxylic acids is 1. The van der Waals surface area contributed by atoms with Crippen molar-refractivity contribution in [3.63, 3.8) is 0 Å². The van der Waals surface area contributed by atoms with Crippen molar-refractivity contribution in [1.82, 2.24) is 4.90 Å². The van der Waals surface area contributed by atoms with Crippen LogP contribution in [0, 0.1) is 11.8 Å². The second-order valence-electron chi connectivity index (χ2n) is 11.6. The number of hydrogen-bond acceptors (Lipinski definition) is 3. The van der Waals surface area contributed by atoms with Gasteiger partial charge in [0.05, 0.1) is 5.92 Å². The number of nitrogens with zero attached hydrogens (tertiary/aromatic N) is 1. The summed E-state index contributed by atoms with van der Waals surface area (Å²) in [5.41, 5.74) is -0.980. The maximum Gasteiger partial charge on any atom is 0.421 e. The summed E-state index contributed by atoms with van der Waals surface area (Å²) in [5, 5.41) is 20.3. The maximum absolute atomic E-state index is 13.8. The number of benzene rings is 2. The Bertz CT molecular complexity index is 1270. The van der Waals surface area contributed by atoms with E-state index in [9.17, 15) is 33.0 Å². The van der Waals surface area contributed by atoms with E-state index in [0.717, 1.165) is 23.6 Å². The van der Waals surface area contributed by atoms with E-state index < -0.39 is 29.1 Å². The number of fused-ring (bicyclic) bond motifs is 3. The van der Waals surface area contributed by atoms with Crippen LogP contribution >= 0.6 is 11.6 Å². The first-order valence-corrected chi connectivity index (χ1v) is 13.9. The minimum atomic E-state index is -4.81. The topological polar surface area (TPSA) is 77.8 Å². The van der Waals surface area contributed by atoms with Gasteiger partial charge < -0.3 is 15.1 Å². The van der Waals surface area contributed by atoms with Gasteiger partial charge in [-0.2, -0.15) is 13.2 Å². The number of hydrogen-bond donors (Lipinski definition) is 2. The van der Waals surface area contributed by atoms with Crippen LogP contribution in [0.1, 0.15) is 67.7 Å². The molecule has 210 valence electrons. The summed E-state index contributed by atoms with van der Waals surface area (Å²) >= 11 is 6.29. The van der Waals surface area contributed by atoms with Crippen LogP contribution in [0.2, 0.25) is 5.02 Å². The van der Waals surface area contributed by atoms with E-state index in [1.807, 2.05) is 23.1 Å². The summed E-state index contributed by atoms with van der Waals surface area (Å²) in [5.74, 6) is -1.38. The van der Waals surface area contributed by atoms with Gasteiger partial charge in [-0.1, -0.05) is 41.9 Å². The van der Waals surface area contributed by atoms with Gasteiger partial charge in [0.1, 0.15) is 0 Å². The quantitative estimate of drug-likeness (QED) is 0.466. The van der Waals surface area contributed by atoms with Crippen molar-refractivity contribution in [3.8, 4) is 0 Å². The molecule has 0 bridgehead atoms. The lowest BCUT2D eigenvalue weighted by Gasteiger charge is -2.45. The van der Waals surface area contributed by atoms with E-state index in [4.69, 9.17) is 11.6 Å². The molecule has 0 spiro atoms. The van der Waals surface area contributed by atoms with Crippen LogP contribution in [0.5, 0.6) is 0 Å². The number of carboxylic acids is 1. The zero-order valence-electron chi connectivity index (χ0n) is 21.8. The fraction of sp³-hybridized carbons (Fsp3) is 0.533. The third-order valence-corrected chi connectivity index (χ3v) is 9.61. The van der Waals surface area contributed by atoms with Crippen molar-refractivity contribution < 1.29 is 33.0 Å². The predicted molar refractivity (Wildman–Crippen MR) is 140 cm³/mol. The first kappa shape index (κ1) is 28.0. The molecule has 9 heteroatoms. The van der Waals surface area contributed by atoms with Crippen LogP contribution in [-0.4, -0.2) is 45.8 Å². The number of rotatable bonds is 5. The first-order valence-electron chi connectivity index (χ1n) is 13.5. The normalized spacial score (nSPS) is 28.4. The lowest BCUT2D eigenvalue weighted by atomic mass is 9.63. The van der Waals surface area contributed by atoms with Gasteiger partial charge in [0.25, 0.3) is 0 Å². The number of alkyl halides is 3. The summed E-state index contributed by atoms with van der Waals surface area (Å²) in [6, 6.07) is 12.0. The molecule has 2 N–H and O–H groups in total. The average Bonchev–Trinajstić information content (AvgIpc) is 3.26. The molecule has 1 heterocycles. The summed E-state index contributed by atoms with van der Waals surface area (Å²) in [6.45, 7) is 1.31. The summed E-state index contributed by atoms with van der Waals surface area (Å²) < 4.78 is 40.8. The number of aryl methyl sites for hydroxylation is 1. The average molecular weight is 564 g/mol. The van der Waals surface area contributed by atoms with Crippen LogP contribution in [0.4, 0.5) is 13.2 Å². The molecule has 1 aliphatic heterocycles. The Morgan fingerprint density at radius 1 is 1.05 bits per heavy atom. The zero-order valence-corrected chi connectivity index (χ0v) is 22.6. The molecule has 5 nitrogen and oxygen atoms in total. The predicted octanol–water partition coefficient (Wildman–Crippen LogP) is 6.03. The standard InChI is InChI=1S/C30H33ClF3NO4/c1-28(39,30(32,33)34)22-10-11-24-21(16-22)9-12-25-29(24,17-18-3-2-4-23(31)15-18)13-14-35(25)26(36)19-5-7-20(8-6-19)27(37)38/h2-4,10-11,15-16,19-20,25,39H,5-9,12-14,17H2,1H3,(H,37,38)/t19-,20-,25?,28?,29?. The molecule has 1 saturated heterocycles. The van der Waals surface area contributed by atoms with Crippen LogP contribution in [-0.2, 0) is 33.4 Å². The number of aliphatic carboxylic acids is 1. The molecule has 3 unspecified atom stereocenters. The number of aliphatic hydroxyl groups is 1. The highest BCUT2D eigenvalue weighted by Crippen LogP contribution is 2.51. The fourth-order valence-corrected chi connectivity index (χ4v) is 7.34. The van der Waals surface area contributed by atoms with Gasteiger partial charge in [-0.25, -0.2) is 0 Å². The Morgan fingerprint density at radius 2 is 1.74 bits per heavy atom. The van der Waals surface area contributed by atoms with E-state index in [0.29, 0.717) is 62.9 Å². The first-order chi connectivity index (χ1) is 18.3. The van der Waals surface area contributed by atoms with Crippen molar-refractivity contribution >= 4 is 23.5 Å². The molecule has 0 radical (unpaired) electrons. The van der Waals surface area contributed by atoms with Crippen molar-refractivity contribution in [2.45, 2.75) is 81.5 Å². The largest absolute Gasteiger partial charge is 0.481 e. The molecule has 1 saturated carbocycles. The van der Waals surface area contributed by atoms with Crippen LogP contribution in [0.3, 0.4) is 0 Å². The molecule has 1 amide bonds. The molecule has 3 aliphatic rings. The van der Waals surface area contributed by atoms with Gasteiger partial charge in [-0.15, -0.1) is 0 Å². The SMILES string of the molecule is CC(O)(c1ccc2c(c1)CCC1N(C(=O)[C@H]3CC[C@H](C(=O)O)CC3)CCC21Cc1cccc(Cl)c1)C(F)(F)F. The van der Waals surface area contributed by atoms with E-state index in [1.165, 1.54) is 12.1 Å². The molecular weight excluding hydrogens is 531 g/mol. The number of amides is 1. The number of carbonyl (C=O) groups is 2. The molecule has 5 rings (SSSR count). The van der Waals surface area contributed by atoms with Gasteiger partial charge in [0.2, 0.25) is 5.91 Å². The molecule has 2 aliphatic carbocycles. The van der Waals surface area contributed by atoms with Gasteiger partial charge >= 0.3 is 12.1 Å². The van der Waals surface area contributed by atoms with Crippen LogP contribution in [0.15, 0.2) is 42.5 Å². The van der Waals surface area contributed by atoms with E-state index in [2.05, 4.69) is 0 Å². The van der Waals surface area contributed by atoms with Gasteiger partial charge in [-0.3, -0.25) is 9.59 Å².